The van der Waals surface area contributed by atoms with E-state index in [9.17, 15) is 4.79 Å². The van der Waals surface area contributed by atoms with E-state index in [1.54, 1.807) is 17.1 Å². The van der Waals surface area contributed by atoms with E-state index in [4.69, 9.17) is 0 Å². The summed E-state index contributed by atoms with van der Waals surface area (Å²) in [4.78, 5) is 18.9. The number of rotatable bonds is 6. The maximum atomic E-state index is 12.7. The number of pyridine rings is 1. The third-order valence-electron chi connectivity index (χ3n) is 3.90. The Hall–Kier alpha value is -2.99. The number of aromatic nitrogens is 3. The van der Waals surface area contributed by atoms with Gasteiger partial charge in [-0.25, -0.2) is 9.67 Å². The molecule has 0 radical (unpaired) electrons. The molecule has 128 valence electrons. The van der Waals surface area contributed by atoms with Crippen molar-refractivity contribution in [1.29, 1.82) is 0 Å². The number of benzene rings is 1. The number of likely N-dealkylation sites (N-methyl/N-ethyl adjacent to an activating group) is 1. The minimum absolute atomic E-state index is 0.0337. The highest BCUT2D eigenvalue weighted by molar-refractivity contribution is 5.83. The van der Waals surface area contributed by atoms with Crippen LogP contribution in [-0.2, 0) is 11.3 Å². The predicted molar refractivity (Wildman–Crippen MR) is 96.1 cm³/mol. The maximum absolute atomic E-state index is 12.7. The van der Waals surface area contributed by atoms with Gasteiger partial charge in [0.2, 0.25) is 5.91 Å². The van der Waals surface area contributed by atoms with Crippen molar-refractivity contribution in [3.05, 3.63) is 78.2 Å². The lowest BCUT2D eigenvalue weighted by Gasteiger charge is -2.23. The predicted octanol–water partition coefficient (Wildman–Crippen LogP) is 2.19. The lowest BCUT2D eigenvalue weighted by Crippen LogP contribution is -2.36. The average Bonchev–Trinajstić information content (AvgIpc) is 3.16. The van der Waals surface area contributed by atoms with Crippen molar-refractivity contribution < 1.29 is 4.79 Å². The first kappa shape index (κ1) is 16.9. The molecule has 1 atom stereocenters. The van der Waals surface area contributed by atoms with E-state index in [0.717, 1.165) is 16.9 Å². The molecule has 0 unspecified atom stereocenters. The van der Waals surface area contributed by atoms with Crippen molar-refractivity contribution >= 4 is 5.91 Å². The molecule has 6 nitrogen and oxygen atoms in total. The van der Waals surface area contributed by atoms with Crippen LogP contribution >= 0.6 is 0 Å². The zero-order valence-corrected chi connectivity index (χ0v) is 14.3. The number of nitrogens with one attached hydrogen (secondary N) is 1. The number of carbonyl (C=O) groups is 1. The first-order valence-corrected chi connectivity index (χ1v) is 8.09. The van der Waals surface area contributed by atoms with Gasteiger partial charge in [0.25, 0.3) is 0 Å². The maximum Gasteiger partial charge on any atom is 0.242 e. The van der Waals surface area contributed by atoms with Crippen LogP contribution in [0.3, 0.4) is 0 Å². The van der Waals surface area contributed by atoms with Gasteiger partial charge in [0.15, 0.2) is 5.82 Å². The van der Waals surface area contributed by atoms with E-state index >= 15 is 0 Å². The van der Waals surface area contributed by atoms with Gasteiger partial charge in [-0.2, -0.15) is 5.10 Å². The standard InChI is InChI=1S/C19H21N5O/c1-23(2)18(16-7-4-3-5-8-16)19(25)21-14-15-9-11-20-17(13-15)24-12-6-10-22-24/h3-13,18H,14H2,1-2H3,(H,21,25)/t18-/m0/s1. The van der Waals surface area contributed by atoms with Gasteiger partial charge in [0.05, 0.1) is 0 Å². The summed E-state index contributed by atoms with van der Waals surface area (Å²) in [6, 6.07) is 15.1. The molecule has 2 aromatic heterocycles. The molecule has 3 rings (SSSR count). The van der Waals surface area contributed by atoms with Crippen LogP contribution in [0.4, 0.5) is 0 Å². The van der Waals surface area contributed by atoms with Crippen LogP contribution in [0.15, 0.2) is 67.1 Å². The van der Waals surface area contributed by atoms with Crippen LogP contribution in [0, 0.1) is 0 Å². The molecule has 0 aliphatic rings. The molecule has 0 aliphatic heterocycles. The lowest BCUT2D eigenvalue weighted by atomic mass is 10.1. The van der Waals surface area contributed by atoms with Crippen LogP contribution in [0.5, 0.6) is 0 Å². The molecule has 3 aromatic rings. The summed E-state index contributed by atoms with van der Waals surface area (Å²) in [5, 5.41) is 7.19. The fraction of sp³-hybridized carbons (Fsp3) is 0.211. The van der Waals surface area contributed by atoms with Gasteiger partial charge in [0.1, 0.15) is 6.04 Å². The van der Waals surface area contributed by atoms with Crippen LogP contribution in [0.1, 0.15) is 17.2 Å². The number of carbonyl (C=O) groups excluding carboxylic acids is 1. The Kier molecular flexibility index (Phi) is 5.20. The van der Waals surface area contributed by atoms with E-state index in [0.29, 0.717) is 6.54 Å². The quantitative estimate of drug-likeness (QED) is 0.750. The lowest BCUT2D eigenvalue weighted by molar-refractivity contribution is -0.125. The smallest absolute Gasteiger partial charge is 0.242 e. The topological polar surface area (TPSA) is 63.1 Å². The summed E-state index contributed by atoms with van der Waals surface area (Å²) in [5.74, 6) is 0.692. The van der Waals surface area contributed by atoms with Crippen molar-refractivity contribution in [3.8, 4) is 5.82 Å². The summed E-state index contributed by atoms with van der Waals surface area (Å²) in [6.45, 7) is 0.437. The van der Waals surface area contributed by atoms with Crippen LogP contribution in [-0.4, -0.2) is 39.7 Å². The van der Waals surface area contributed by atoms with E-state index in [2.05, 4.69) is 15.4 Å². The Morgan fingerprint density at radius 3 is 2.64 bits per heavy atom. The molecule has 0 bridgehead atoms. The SMILES string of the molecule is CN(C)[C@H](C(=O)NCc1ccnc(-n2cccn2)c1)c1ccccc1. The van der Waals surface area contributed by atoms with Crippen LogP contribution in [0.2, 0.25) is 0 Å². The molecule has 25 heavy (non-hydrogen) atoms. The molecule has 0 aliphatic carbocycles. The Morgan fingerprint density at radius 1 is 1.16 bits per heavy atom. The first-order valence-electron chi connectivity index (χ1n) is 8.09. The fourth-order valence-corrected chi connectivity index (χ4v) is 2.71. The van der Waals surface area contributed by atoms with Gasteiger partial charge in [0, 0.05) is 25.1 Å². The van der Waals surface area contributed by atoms with Crippen molar-refractivity contribution in [3.63, 3.8) is 0 Å². The van der Waals surface area contributed by atoms with Crippen molar-refractivity contribution in [1.82, 2.24) is 25.0 Å². The van der Waals surface area contributed by atoms with Crippen LogP contribution in [0.25, 0.3) is 5.82 Å². The molecule has 1 aromatic carbocycles. The second-order valence-corrected chi connectivity index (χ2v) is 5.97. The number of amides is 1. The monoisotopic (exact) mass is 335 g/mol. The average molecular weight is 335 g/mol. The number of hydrogen-bond donors (Lipinski definition) is 1. The van der Waals surface area contributed by atoms with Gasteiger partial charge >= 0.3 is 0 Å². The summed E-state index contributed by atoms with van der Waals surface area (Å²) in [7, 11) is 3.80. The Labute approximate surface area is 147 Å². The van der Waals surface area contributed by atoms with Crippen molar-refractivity contribution in [2.45, 2.75) is 12.6 Å². The van der Waals surface area contributed by atoms with Gasteiger partial charge in [-0.05, 0) is 43.4 Å². The molecule has 1 N–H and O–H groups in total. The highest BCUT2D eigenvalue weighted by atomic mass is 16.2. The molecule has 0 spiro atoms. The van der Waals surface area contributed by atoms with Gasteiger partial charge in [-0.3, -0.25) is 9.69 Å². The molecule has 0 fully saturated rings. The normalized spacial score (nSPS) is 12.1. The molecule has 0 saturated heterocycles. The minimum Gasteiger partial charge on any atom is -0.350 e. The second-order valence-electron chi connectivity index (χ2n) is 5.97. The van der Waals surface area contributed by atoms with Crippen LogP contribution < -0.4 is 5.32 Å². The number of hydrogen-bond acceptors (Lipinski definition) is 4. The van der Waals surface area contributed by atoms with Crippen molar-refractivity contribution in [2.75, 3.05) is 14.1 Å². The van der Waals surface area contributed by atoms with Gasteiger partial charge in [-0.1, -0.05) is 30.3 Å². The third kappa shape index (κ3) is 4.10. The van der Waals surface area contributed by atoms with Gasteiger partial charge < -0.3 is 5.32 Å². The fourth-order valence-electron chi connectivity index (χ4n) is 2.71. The highest BCUT2D eigenvalue weighted by Gasteiger charge is 2.22. The molecule has 0 saturated carbocycles. The zero-order chi connectivity index (χ0) is 17.6. The van der Waals surface area contributed by atoms with Gasteiger partial charge in [-0.15, -0.1) is 0 Å². The summed E-state index contributed by atoms with van der Waals surface area (Å²) >= 11 is 0. The Balaban J connectivity index is 1.70. The highest BCUT2D eigenvalue weighted by Crippen LogP contribution is 2.18. The second kappa shape index (κ2) is 7.72. The minimum atomic E-state index is -0.325. The van der Waals surface area contributed by atoms with E-state index in [1.165, 1.54) is 0 Å². The first-order chi connectivity index (χ1) is 12.1. The van der Waals surface area contributed by atoms with E-state index < -0.39 is 0 Å². The Morgan fingerprint density at radius 2 is 1.96 bits per heavy atom. The zero-order valence-electron chi connectivity index (χ0n) is 14.3. The summed E-state index contributed by atoms with van der Waals surface area (Å²) in [6.07, 6.45) is 5.26. The largest absolute Gasteiger partial charge is 0.350 e. The summed E-state index contributed by atoms with van der Waals surface area (Å²) in [5.41, 5.74) is 1.94. The number of nitrogens with zero attached hydrogens (tertiary/aromatic N) is 4. The third-order valence-corrected chi connectivity index (χ3v) is 3.90. The molecular weight excluding hydrogens is 314 g/mol. The summed E-state index contributed by atoms with van der Waals surface area (Å²) < 4.78 is 1.69. The van der Waals surface area contributed by atoms with Crippen molar-refractivity contribution in [2.24, 2.45) is 0 Å². The van der Waals surface area contributed by atoms with E-state index in [-0.39, 0.29) is 11.9 Å². The van der Waals surface area contributed by atoms with E-state index in [1.807, 2.05) is 73.7 Å². The molecule has 1 amide bonds. The molecular formula is C19H21N5O. The Bertz CT molecular complexity index is 815. The molecule has 6 heteroatoms. The molecule has 2 heterocycles.